The topological polar surface area (TPSA) is 65.1 Å². The number of amides is 1. The van der Waals surface area contributed by atoms with E-state index in [1.807, 2.05) is 0 Å². The molecule has 1 unspecified atom stereocenters. The number of halogens is 1. The highest BCUT2D eigenvalue weighted by Crippen LogP contribution is 2.17. The third-order valence-electron chi connectivity index (χ3n) is 3.98. The van der Waals surface area contributed by atoms with Gasteiger partial charge >= 0.3 is 5.97 Å². The van der Waals surface area contributed by atoms with Crippen LogP contribution in [-0.4, -0.2) is 43.6 Å². The molecular weight excluding hydrogens is 365 g/mol. The molecule has 0 aliphatic rings. The largest absolute Gasteiger partial charge is 0.497 e. The lowest BCUT2D eigenvalue weighted by Gasteiger charge is -2.21. The van der Waals surface area contributed by atoms with Crippen LogP contribution in [0.5, 0.6) is 11.5 Å². The van der Waals surface area contributed by atoms with Crippen LogP contribution in [0.1, 0.15) is 18.9 Å². The van der Waals surface area contributed by atoms with Crippen molar-refractivity contribution in [2.75, 3.05) is 20.8 Å². The van der Waals surface area contributed by atoms with Crippen LogP contribution >= 0.6 is 0 Å². The minimum Gasteiger partial charge on any atom is -0.497 e. The first-order valence-electron chi connectivity index (χ1n) is 8.85. The Labute approximate surface area is 163 Å². The van der Waals surface area contributed by atoms with E-state index in [1.165, 1.54) is 24.0 Å². The number of hydrogen-bond acceptors (Lipinski definition) is 5. The zero-order chi connectivity index (χ0) is 20.5. The van der Waals surface area contributed by atoms with Crippen molar-refractivity contribution >= 4 is 11.9 Å². The average Bonchev–Trinajstić information content (AvgIpc) is 2.67. The van der Waals surface area contributed by atoms with Gasteiger partial charge in [0.05, 0.1) is 20.1 Å². The number of nitrogens with zero attached hydrogens (tertiary/aromatic N) is 1. The minimum atomic E-state index is -0.938. The van der Waals surface area contributed by atoms with Crippen LogP contribution in [0.15, 0.2) is 48.5 Å². The van der Waals surface area contributed by atoms with Gasteiger partial charge in [-0.05, 0) is 48.9 Å². The molecule has 2 rings (SSSR count). The first-order valence-corrected chi connectivity index (χ1v) is 8.85. The highest BCUT2D eigenvalue weighted by atomic mass is 19.1. The molecule has 2 aromatic carbocycles. The fourth-order valence-electron chi connectivity index (χ4n) is 2.53. The molecule has 150 valence electrons. The Hall–Kier alpha value is -3.09. The highest BCUT2D eigenvalue weighted by Gasteiger charge is 2.21. The van der Waals surface area contributed by atoms with Gasteiger partial charge in [0, 0.05) is 13.6 Å². The number of esters is 1. The van der Waals surface area contributed by atoms with E-state index in [4.69, 9.17) is 14.2 Å². The van der Waals surface area contributed by atoms with Crippen LogP contribution in [0.4, 0.5) is 4.39 Å². The fourth-order valence-corrected chi connectivity index (χ4v) is 2.53. The molecular formula is C21H24FNO5. The number of methoxy groups -OCH3 is 1. The van der Waals surface area contributed by atoms with Crippen molar-refractivity contribution < 1.29 is 28.2 Å². The molecule has 0 radical (unpaired) electrons. The van der Waals surface area contributed by atoms with Gasteiger partial charge in [-0.25, -0.2) is 4.39 Å². The molecule has 0 saturated heterocycles. The van der Waals surface area contributed by atoms with Gasteiger partial charge in [0.2, 0.25) is 0 Å². The third-order valence-corrected chi connectivity index (χ3v) is 3.98. The van der Waals surface area contributed by atoms with E-state index in [1.54, 1.807) is 50.6 Å². The molecule has 28 heavy (non-hydrogen) atoms. The Bertz CT molecular complexity index is 794. The van der Waals surface area contributed by atoms with Crippen LogP contribution in [-0.2, 0) is 20.9 Å². The zero-order valence-electron chi connectivity index (χ0n) is 16.2. The lowest BCUT2D eigenvalue weighted by atomic mass is 10.2. The van der Waals surface area contributed by atoms with Gasteiger partial charge in [-0.15, -0.1) is 0 Å². The molecule has 0 fully saturated rings. The summed E-state index contributed by atoms with van der Waals surface area (Å²) in [6.07, 6.45) is -0.927. The van der Waals surface area contributed by atoms with E-state index < -0.39 is 12.1 Å². The predicted molar refractivity (Wildman–Crippen MR) is 102 cm³/mol. The highest BCUT2D eigenvalue weighted by molar-refractivity contribution is 5.83. The van der Waals surface area contributed by atoms with Crippen LogP contribution in [0, 0.1) is 5.82 Å². The summed E-state index contributed by atoms with van der Waals surface area (Å²) < 4.78 is 28.9. The predicted octanol–water partition coefficient (Wildman–Crippen LogP) is 3.19. The number of rotatable bonds is 9. The second kappa shape index (κ2) is 10.3. The van der Waals surface area contributed by atoms with Crippen LogP contribution in [0.3, 0.4) is 0 Å². The maximum Gasteiger partial charge on any atom is 0.310 e. The molecule has 0 bridgehead atoms. The first kappa shape index (κ1) is 21.2. The molecule has 0 spiro atoms. The molecule has 0 N–H and O–H groups in total. The van der Waals surface area contributed by atoms with Crippen molar-refractivity contribution in [1.29, 1.82) is 0 Å². The fraction of sp³-hybridized carbons (Fsp3) is 0.333. The lowest BCUT2D eigenvalue weighted by molar-refractivity contribution is -0.159. The number of carbonyl (C=O) groups is 2. The number of benzene rings is 2. The molecule has 0 aromatic heterocycles. The normalized spacial score (nSPS) is 11.4. The lowest BCUT2D eigenvalue weighted by Crippen LogP contribution is -2.37. The zero-order valence-corrected chi connectivity index (χ0v) is 16.2. The summed E-state index contributed by atoms with van der Waals surface area (Å²) in [7, 11) is 3.15. The second-order valence-electron chi connectivity index (χ2n) is 6.23. The number of ether oxygens (including phenoxy) is 3. The van der Waals surface area contributed by atoms with E-state index >= 15 is 0 Å². The Balaban J connectivity index is 1.74. The monoisotopic (exact) mass is 389 g/mol. The van der Waals surface area contributed by atoms with E-state index in [0.29, 0.717) is 17.1 Å². The summed E-state index contributed by atoms with van der Waals surface area (Å²) in [5, 5.41) is 0. The van der Waals surface area contributed by atoms with Gasteiger partial charge in [0.1, 0.15) is 17.3 Å². The number of hydrogen-bond donors (Lipinski definition) is 0. The Kier molecular flexibility index (Phi) is 7.80. The smallest absolute Gasteiger partial charge is 0.310 e. The maximum atomic E-state index is 13.2. The molecule has 0 heterocycles. The van der Waals surface area contributed by atoms with Gasteiger partial charge in [-0.1, -0.05) is 12.1 Å². The van der Waals surface area contributed by atoms with Crippen molar-refractivity contribution in [2.45, 2.75) is 26.0 Å². The van der Waals surface area contributed by atoms with E-state index in [-0.39, 0.29) is 31.3 Å². The molecule has 2 aromatic rings. The van der Waals surface area contributed by atoms with E-state index in [2.05, 4.69) is 0 Å². The quantitative estimate of drug-likeness (QED) is 0.617. The van der Waals surface area contributed by atoms with Gasteiger partial charge in [-0.3, -0.25) is 9.59 Å². The van der Waals surface area contributed by atoms with Crippen LogP contribution < -0.4 is 9.47 Å². The number of likely N-dealkylation sites (N-methyl/N-ethyl adjacent to an activating group) is 1. The SMILES string of the molecule is COc1ccc(OCCC(=O)OC(C)C(=O)N(C)Cc2cccc(F)c2)cc1. The first-order chi connectivity index (χ1) is 13.4. The summed E-state index contributed by atoms with van der Waals surface area (Å²) in [6.45, 7) is 1.86. The van der Waals surface area contributed by atoms with Crippen molar-refractivity contribution in [3.8, 4) is 11.5 Å². The summed E-state index contributed by atoms with van der Waals surface area (Å²) in [5.41, 5.74) is 0.655. The second-order valence-corrected chi connectivity index (χ2v) is 6.23. The van der Waals surface area contributed by atoms with Gasteiger partial charge in [0.25, 0.3) is 5.91 Å². The molecule has 0 saturated carbocycles. The van der Waals surface area contributed by atoms with Gasteiger partial charge in [0.15, 0.2) is 6.10 Å². The van der Waals surface area contributed by atoms with Crippen LogP contribution in [0.2, 0.25) is 0 Å². The molecule has 1 amide bonds. The van der Waals surface area contributed by atoms with Crippen molar-refractivity contribution in [1.82, 2.24) is 4.90 Å². The molecule has 0 aliphatic carbocycles. The summed E-state index contributed by atoms with van der Waals surface area (Å²) in [4.78, 5) is 25.7. The molecule has 6 nitrogen and oxygen atoms in total. The summed E-state index contributed by atoms with van der Waals surface area (Å²) in [6, 6.07) is 13.0. The molecule has 0 aliphatic heterocycles. The number of carbonyl (C=O) groups excluding carboxylic acids is 2. The van der Waals surface area contributed by atoms with Crippen molar-refractivity contribution in [2.24, 2.45) is 0 Å². The van der Waals surface area contributed by atoms with Gasteiger partial charge < -0.3 is 19.1 Å². The summed E-state index contributed by atoms with van der Waals surface area (Å²) in [5.74, 6) is 0.0471. The van der Waals surface area contributed by atoms with Gasteiger partial charge in [-0.2, -0.15) is 0 Å². The van der Waals surface area contributed by atoms with Crippen LogP contribution in [0.25, 0.3) is 0 Å². The van der Waals surface area contributed by atoms with E-state index in [9.17, 15) is 14.0 Å². The molecule has 7 heteroatoms. The average molecular weight is 389 g/mol. The summed E-state index contributed by atoms with van der Waals surface area (Å²) >= 11 is 0. The maximum absolute atomic E-state index is 13.2. The Morgan fingerprint density at radius 2 is 1.79 bits per heavy atom. The third kappa shape index (κ3) is 6.57. The Morgan fingerprint density at radius 1 is 1.11 bits per heavy atom. The van der Waals surface area contributed by atoms with Crippen molar-refractivity contribution in [3.05, 3.63) is 59.9 Å². The standard InChI is InChI=1S/C21H24FNO5/c1-15(21(25)23(2)14-16-5-4-6-17(22)13-16)28-20(24)11-12-27-19-9-7-18(26-3)8-10-19/h4-10,13,15H,11-12,14H2,1-3H3. The molecule has 1 atom stereocenters. The minimum absolute atomic E-state index is 0.0112. The Morgan fingerprint density at radius 3 is 2.43 bits per heavy atom. The van der Waals surface area contributed by atoms with E-state index in [0.717, 1.165) is 0 Å². The van der Waals surface area contributed by atoms with Crippen molar-refractivity contribution in [3.63, 3.8) is 0 Å².